The SMILES string of the molecule is CCCN1C(=O)C(=O)/C(=C(\O)c2ccc(Br)cc2)C1c1cccc(OCC(C)C)c1. The normalized spacial score (nSPS) is 18.3. The van der Waals surface area contributed by atoms with Crippen molar-refractivity contribution in [2.45, 2.75) is 33.2 Å². The van der Waals surface area contributed by atoms with Crippen LogP contribution in [0.15, 0.2) is 58.6 Å². The van der Waals surface area contributed by atoms with Crippen molar-refractivity contribution in [1.82, 2.24) is 4.90 Å². The molecule has 30 heavy (non-hydrogen) atoms. The molecule has 3 rings (SSSR count). The van der Waals surface area contributed by atoms with Crippen LogP contribution in [0.4, 0.5) is 0 Å². The highest BCUT2D eigenvalue weighted by molar-refractivity contribution is 9.10. The summed E-state index contributed by atoms with van der Waals surface area (Å²) in [4.78, 5) is 27.2. The molecule has 6 heteroatoms. The van der Waals surface area contributed by atoms with Crippen molar-refractivity contribution in [2.75, 3.05) is 13.2 Å². The van der Waals surface area contributed by atoms with E-state index in [0.717, 1.165) is 10.0 Å². The first kappa shape index (κ1) is 22.1. The standard InChI is InChI=1S/C24H26BrNO4/c1-4-12-26-21(17-6-5-7-19(13-17)30-14-15(2)3)20(23(28)24(26)29)22(27)16-8-10-18(25)11-9-16/h5-11,13,15,21,27H,4,12,14H2,1-3H3/b22-20-. The molecule has 1 atom stereocenters. The molecule has 0 radical (unpaired) electrons. The van der Waals surface area contributed by atoms with Crippen LogP contribution in [0, 0.1) is 5.92 Å². The number of aliphatic hydroxyl groups is 1. The quantitative estimate of drug-likeness (QED) is 0.337. The Balaban J connectivity index is 2.10. The smallest absolute Gasteiger partial charge is 0.295 e. The highest BCUT2D eigenvalue weighted by atomic mass is 79.9. The predicted octanol–water partition coefficient (Wildman–Crippen LogP) is 5.32. The van der Waals surface area contributed by atoms with Gasteiger partial charge < -0.3 is 14.7 Å². The van der Waals surface area contributed by atoms with E-state index in [1.54, 1.807) is 24.3 Å². The Labute approximate surface area is 185 Å². The number of rotatable bonds is 7. The first-order valence-electron chi connectivity index (χ1n) is 10.1. The van der Waals surface area contributed by atoms with Gasteiger partial charge in [0.15, 0.2) is 0 Å². The zero-order valence-electron chi connectivity index (χ0n) is 17.4. The molecule has 2 aromatic rings. The van der Waals surface area contributed by atoms with Crippen LogP contribution in [-0.2, 0) is 9.59 Å². The summed E-state index contributed by atoms with van der Waals surface area (Å²) in [6.45, 7) is 7.07. The molecule has 1 aliphatic heterocycles. The van der Waals surface area contributed by atoms with Gasteiger partial charge in [-0.3, -0.25) is 9.59 Å². The molecule has 1 fully saturated rings. The number of benzene rings is 2. The number of hydrogen-bond acceptors (Lipinski definition) is 4. The molecule has 0 aromatic heterocycles. The minimum absolute atomic E-state index is 0.108. The minimum Gasteiger partial charge on any atom is -0.507 e. The Morgan fingerprint density at radius 1 is 1.17 bits per heavy atom. The largest absolute Gasteiger partial charge is 0.507 e. The van der Waals surface area contributed by atoms with Crippen molar-refractivity contribution in [2.24, 2.45) is 5.92 Å². The molecule has 1 N–H and O–H groups in total. The van der Waals surface area contributed by atoms with E-state index >= 15 is 0 Å². The number of carbonyl (C=O) groups is 2. The van der Waals surface area contributed by atoms with Crippen molar-refractivity contribution in [3.05, 3.63) is 69.7 Å². The van der Waals surface area contributed by atoms with Crippen LogP contribution in [0.5, 0.6) is 5.75 Å². The van der Waals surface area contributed by atoms with Gasteiger partial charge >= 0.3 is 0 Å². The number of hydrogen-bond donors (Lipinski definition) is 1. The van der Waals surface area contributed by atoms with Crippen LogP contribution in [0.3, 0.4) is 0 Å². The minimum atomic E-state index is -0.664. The van der Waals surface area contributed by atoms with Gasteiger partial charge in [-0.2, -0.15) is 0 Å². The molecule has 0 aliphatic carbocycles. The summed E-state index contributed by atoms with van der Waals surface area (Å²) in [6, 6.07) is 13.7. The van der Waals surface area contributed by atoms with Crippen LogP contribution >= 0.6 is 15.9 Å². The molecule has 5 nitrogen and oxygen atoms in total. The first-order chi connectivity index (χ1) is 14.3. The maximum Gasteiger partial charge on any atom is 0.295 e. The van der Waals surface area contributed by atoms with E-state index in [1.165, 1.54) is 4.90 Å². The van der Waals surface area contributed by atoms with Gasteiger partial charge in [0, 0.05) is 16.6 Å². The Hall–Kier alpha value is -2.60. The fraction of sp³-hybridized carbons (Fsp3) is 0.333. The van der Waals surface area contributed by atoms with Crippen molar-refractivity contribution in [1.29, 1.82) is 0 Å². The molecule has 158 valence electrons. The lowest BCUT2D eigenvalue weighted by atomic mass is 9.95. The molecular formula is C24H26BrNO4. The Kier molecular flexibility index (Phi) is 6.98. The van der Waals surface area contributed by atoms with Crippen LogP contribution in [0.25, 0.3) is 5.76 Å². The van der Waals surface area contributed by atoms with Gasteiger partial charge in [-0.25, -0.2) is 0 Å². The number of ether oxygens (including phenoxy) is 1. The lowest BCUT2D eigenvalue weighted by molar-refractivity contribution is -0.139. The fourth-order valence-corrected chi connectivity index (χ4v) is 3.76. The number of aliphatic hydroxyl groups excluding tert-OH is 1. The molecule has 1 aliphatic rings. The van der Waals surface area contributed by atoms with Crippen LogP contribution < -0.4 is 4.74 Å². The number of nitrogens with zero attached hydrogens (tertiary/aromatic N) is 1. The van der Waals surface area contributed by atoms with E-state index in [4.69, 9.17) is 4.74 Å². The highest BCUT2D eigenvalue weighted by Crippen LogP contribution is 2.40. The zero-order chi connectivity index (χ0) is 21.8. The Bertz CT molecular complexity index is 965. The molecule has 0 saturated carbocycles. The second-order valence-electron chi connectivity index (χ2n) is 7.78. The average molecular weight is 472 g/mol. The van der Waals surface area contributed by atoms with Gasteiger partial charge in [0.1, 0.15) is 11.5 Å². The highest BCUT2D eigenvalue weighted by Gasteiger charge is 2.45. The first-order valence-corrected chi connectivity index (χ1v) is 10.9. The Morgan fingerprint density at radius 3 is 2.50 bits per heavy atom. The third-order valence-corrected chi connectivity index (χ3v) is 5.41. The number of likely N-dealkylation sites (tertiary alicyclic amines) is 1. The second kappa shape index (κ2) is 9.47. The van der Waals surface area contributed by atoms with Crippen LogP contribution in [0.2, 0.25) is 0 Å². The van der Waals surface area contributed by atoms with Crippen LogP contribution in [0.1, 0.15) is 44.4 Å². The van der Waals surface area contributed by atoms with E-state index in [2.05, 4.69) is 29.8 Å². The van der Waals surface area contributed by atoms with E-state index < -0.39 is 17.7 Å². The molecule has 0 bridgehead atoms. The third-order valence-electron chi connectivity index (χ3n) is 4.88. The number of halogens is 1. The monoisotopic (exact) mass is 471 g/mol. The van der Waals surface area contributed by atoms with Crippen molar-refractivity contribution in [3.8, 4) is 5.75 Å². The molecule has 1 unspecified atom stereocenters. The number of amides is 1. The van der Waals surface area contributed by atoms with E-state index in [9.17, 15) is 14.7 Å². The van der Waals surface area contributed by atoms with E-state index in [0.29, 0.717) is 36.8 Å². The molecule has 0 spiro atoms. The summed E-state index contributed by atoms with van der Waals surface area (Å²) in [5, 5.41) is 11.0. The predicted molar refractivity (Wildman–Crippen MR) is 120 cm³/mol. The van der Waals surface area contributed by atoms with E-state index in [-0.39, 0.29) is 11.3 Å². The van der Waals surface area contributed by atoms with Gasteiger partial charge in [0.2, 0.25) is 0 Å². The topological polar surface area (TPSA) is 66.8 Å². The lowest BCUT2D eigenvalue weighted by Crippen LogP contribution is -2.30. The summed E-state index contributed by atoms with van der Waals surface area (Å²) in [5.41, 5.74) is 1.34. The summed E-state index contributed by atoms with van der Waals surface area (Å²) in [7, 11) is 0. The van der Waals surface area contributed by atoms with Gasteiger partial charge in [-0.1, -0.05) is 61.0 Å². The van der Waals surface area contributed by atoms with Gasteiger partial charge in [-0.05, 0) is 42.2 Å². The van der Waals surface area contributed by atoms with Crippen molar-refractivity contribution in [3.63, 3.8) is 0 Å². The van der Waals surface area contributed by atoms with Crippen molar-refractivity contribution >= 4 is 33.4 Å². The summed E-state index contributed by atoms with van der Waals surface area (Å²) in [6.07, 6.45) is 0.700. The maximum atomic E-state index is 12.9. The number of Topliss-reactive ketones (excluding diaryl/α,β-unsaturated/α-hetero) is 1. The molecule has 1 saturated heterocycles. The van der Waals surface area contributed by atoms with Gasteiger partial charge in [0.05, 0.1) is 18.2 Å². The summed E-state index contributed by atoms with van der Waals surface area (Å²) < 4.78 is 6.70. The molecule has 1 heterocycles. The maximum absolute atomic E-state index is 12.9. The van der Waals surface area contributed by atoms with E-state index in [1.807, 2.05) is 31.2 Å². The fourth-order valence-electron chi connectivity index (χ4n) is 3.50. The van der Waals surface area contributed by atoms with Gasteiger partial charge in [0.25, 0.3) is 11.7 Å². The third kappa shape index (κ3) is 4.59. The lowest BCUT2D eigenvalue weighted by Gasteiger charge is -2.25. The average Bonchev–Trinajstić information content (AvgIpc) is 2.98. The van der Waals surface area contributed by atoms with Crippen molar-refractivity contribution < 1.29 is 19.4 Å². The van der Waals surface area contributed by atoms with Gasteiger partial charge in [-0.15, -0.1) is 0 Å². The Morgan fingerprint density at radius 2 is 1.87 bits per heavy atom. The molecule has 2 aromatic carbocycles. The number of carbonyl (C=O) groups excluding carboxylic acids is 2. The second-order valence-corrected chi connectivity index (χ2v) is 8.69. The molecule has 1 amide bonds. The zero-order valence-corrected chi connectivity index (χ0v) is 19.0. The molecular weight excluding hydrogens is 446 g/mol. The summed E-state index contributed by atoms with van der Waals surface area (Å²) in [5.74, 6) is -0.377. The summed E-state index contributed by atoms with van der Waals surface area (Å²) >= 11 is 3.37. The van der Waals surface area contributed by atoms with Crippen LogP contribution in [-0.4, -0.2) is 34.8 Å². The number of ketones is 1.